The molecule has 2 N–H and O–H groups in total. The van der Waals surface area contributed by atoms with Gasteiger partial charge in [0.15, 0.2) is 23.1 Å². The Morgan fingerprint density at radius 3 is 2.68 bits per heavy atom. The fourth-order valence-corrected chi connectivity index (χ4v) is 3.14. The van der Waals surface area contributed by atoms with Gasteiger partial charge in [-0.15, -0.1) is 15.3 Å². The molecule has 0 aliphatic heterocycles. The van der Waals surface area contributed by atoms with Crippen molar-refractivity contribution in [1.29, 1.82) is 0 Å². The van der Waals surface area contributed by atoms with Crippen LogP contribution < -0.4 is 10.6 Å². The quantitative estimate of drug-likeness (QED) is 0.447. The normalized spacial score (nSPS) is 10.9. The van der Waals surface area contributed by atoms with Crippen molar-refractivity contribution >= 4 is 34.7 Å². The van der Waals surface area contributed by atoms with Gasteiger partial charge in [0.1, 0.15) is 5.82 Å². The van der Waals surface area contributed by atoms with Crippen molar-refractivity contribution in [3.8, 4) is 0 Å². The van der Waals surface area contributed by atoms with Gasteiger partial charge in [0.2, 0.25) is 5.91 Å². The molecule has 4 rings (SSSR count). The Balaban J connectivity index is 1.40. The molecule has 1 amide bonds. The maximum absolute atomic E-state index is 13.3. The second-order valence-electron chi connectivity index (χ2n) is 6.73. The molecule has 2 aromatic carbocycles. The lowest BCUT2D eigenvalue weighted by Crippen LogP contribution is -2.14. The fraction of sp³-hybridized carbons (Fsp3) is 0.143. The number of hydrogen-bond acceptors (Lipinski definition) is 5. The van der Waals surface area contributed by atoms with Crippen LogP contribution in [0.4, 0.5) is 20.3 Å². The monoisotopic (exact) mass is 442 g/mol. The minimum atomic E-state index is -1.03. The first-order chi connectivity index (χ1) is 15.0. The molecule has 10 heteroatoms. The summed E-state index contributed by atoms with van der Waals surface area (Å²) in [6, 6.07) is 14.2. The summed E-state index contributed by atoms with van der Waals surface area (Å²) in [6.45, 7) is 0.492. The molecule has 2 heterocycles. The summed E-state index contributed by atoms with van der Waals surface area (Å²) in [5.41, 5.74) is 1.66. The van der Waals surface area contributed by atoms with E-state index in [2.05, 4.69) is 25.9 Å². The smallest absolute Gasteiger partial charge is 0.224 e. The molecule has 0 unspecified atom stereocenters. The van der Waals surface area contributed by atoms with Crippen LogP contribution in [0.25, 0.3) is 5.65 Å². The van der Waals surface area contributed by atoms with E-state index in [1.165, 1.54) is 6.07 Å². The fourth-order valence-electron chi connectivity index (χ4n) is 2.93. The van der Waals surface area contributed by atoms with E-state index in [4.69, 9.17) is 11.6 Å². The first-order valence-electron chi connectivity index (χ1n) is 9.43. The van der Waals surface area contributed by atoms with Crippen molar-refractivity contribution in [1.82, 2.24) is 19.8 Å². The van der Waals surface area contributed by atoms with Gasteiger partial charge in [-0.25, -0.2) is 8.78 Å². The van der Waals surface area contributed by atoms with E-state index in [0.29, 0.717) is 28.9 Å². The molecule has 0 saturated heterocycles. The SMILES string of the molecule is O=C(CCc1nnc2ccc(NCc3ccccc3Cl)nn12)Nc1ccc(F)c(F)c1. The number of halogens is 3. The summed E-state index contributed by atoms with van der Waals surface area (Å²) in [7, 11) is 0. The van der Waals surface area contributed by atoms with E-state index >= 15 is 0 Å². The maximum Gasteiger partial charge on any atom is 0.224 e. The zero-order valence-corrected chi connectivity index (χ0v) is 16.9. The molecule has 158 valence electrons. The van der Waals surface area contributed by atoms with Crippen LogP contribution >= 0.6 is 11.6 Å². The summed E-state index contributed by atoms with van der Waals surface area (Å²) in [6.07, 6.45) is 0.330. The van der Waals surface area contributed by atoms with E-state index < -0.39 is 11.6 Å². The molecule has 0 bridgehead atoms. The summed E-state index contributed by atoms with van der Waals surface area (Å²) in [5.74, 6) is -1.27. The van der Waals surface area contributed by atoms with Crippen LogP contribution in [0.15, 0.2) is 54.6 Å². The molecule has 4 aromatic rings. The van der Waals surface area contributed by atoms with Gasteiger partial charge in [-0.2, -0.15) is 4.52 Å². The van der Waals surface area contributed by atoms with Gasteiger partial charge in [0.05, 0.1) is 0 Å². The van der Waals surface area contributed by atoms with Gasteiger partial charge in [-0.05, 0) is 35.9 Å². The topological polar surface area (TPSA) is 84.2 Å². The van der Waals surface area contributed by atoms with Crippen LogP contribution in [0.2, 0.25) is 5.02 Å². The first-order valence-corrected chi connectivity index (χ1v) is 9.81. The van der Waals surface area contributed by atoms with Gasteiger partial charge >= 0.3 is 0 Å². The molecule has 0 aliphatic rings. The number of carbonyl (C=O) groups is 1. The van der Waals surface area contributed by atoms with Crippen molar-refractivity contribution in [2.24, 2.45) is 0 Å². The van der Waals surface area contributed by atoms with Gasteiger partial charge in [0.25, 0.3) is 0 Å². The number of rotatable bonds is 7. The van der Waals surface area contributed by atoms with E-state index in [1.807, 2.05) is 24.3 Å². The zero-order chi connectivity index (χ0) is 21.8. The maximum atomic E-state index is 13.3. The van der Waals surface area contributed by atoms with Gasteiger partial charge < -0.3 is 10.6 Å². The Kier molecular flexibility index (Phi) is 6.03. The summed E-state index contributed by atoms with van der Waals surface area (Å²) < 4.78 is 27.8. The zero-order valence-electron chi connectivity index (χ0n) is 16.1. The Bertz CT molecular complexity index is 1250. The van der Waals surface area contributed by atoms with Crippen LogP contribution in [0.1, 0.15) is 17.8 Å². The Labute approximate surface area is 181 Å². The van der Waals surface area contributed by atoms with Gasteiger partial charge in [-0.3, -0.25) is 4.79 Å². The Hall–Kier alpha value is -3.59. The predicted molar refractivity (Wildman–Crippen MR) is 113 cm³/mol. The van der Waals surface area contributed by atoms with Crippen molar-refractivity contribution < 1.29 is 13.6 Å². The third kappa shape index (κ3) is 4.95. The van der Waals surface area contributed by atoms with Crippen LogP contribution in [-0.2, 0) is 17.8 Å². The standard InChI is InChI=1S/C21H17ClF2N6O/c22-15-4-2-1-3-13(15)12-25-18-7-8-19-27-28-20(30(19)29-18)9-10-21(31)26-14-5-6-16(23)17(24)11-14/h1-8,11H,9-10,12H2,(H,25,29)(H,26,31). The number of benzene rings is 2. The predicted octanol–water partition coefficient (Wildman–Crippen LogP) is 4.24. The molecule has 0 atom stereocenters. The Morgan fingerprint density at radius 2 is 1.87 bits per heavy atom. The van der Waals surface area contributed by atoms with Crippen LogP contribution in [0.5, 0.6) is 0 Å². The number of anilines is 2. The molecule has 0 spiro atoms. The van der Waals surface area contributed by atoms with Crippen molar-refractivity contribution in [3.05, 3.63) is 82.6 Å². The third-order valence-electron chi connectivity index (χ3n) is 4.52. The van der Waals surface area contributed by atoms with Crippen LogP contribution in [-0.4, -0.2) is 25.7 Å². The second kappa shape index (κ2) is 9.05. The summed E-state index contributed by atoms with van der Waals surface area (Å²) in [4.78, 5) is 12.2. The molecule has 0 fully saturated rings. The van der Waals surface area contributed by atoms with E-state index in [1.54, 1.807) is 16.6 Å². The molecule has 7 nitrogen and oxygen atoms in total. The summed E-state index contributed by atoms with van der Waals surface area (Å²) in [5, 5.41) is 19.0. The number of aromatic nitrogens is 4. The van der Waals surface area contributed by atoms with Crippen LogP contribution in [0.3, 0.4) is 0 Å². The lowest BCUT2D eigenvalue weighted by molar-refractivity contribution is -0.116. The highest BCUT2D eigenvalue weighted by Gasteiger charge is 2.12. The molecule has 0 aliphatic carbocycles. The Morgan fingerprint density at radius 1 is 1.03 bits per heavy atom. The van der Waals surface area contributed by atoms with E-state index in [-0.39, 0.29) is 24.4 Å². The minimum absolute atomic E-state index is 0.0682. The lowest BCUT2D eigenvalue weighted by atomic mass is 10.2. The highest BCUT2D eigenvalue weighted by Crippen LogP contribution is 2.17. The van der Waals surface area contributed by atoms with E-state index in [9.17, 15) is 13.6 Å². The number of fused-ring (bicyclic) bond motifs is 1. The van der Waals surface area contributed by atoms with Gasteiger partial charge in [0, 0.05) is 36.2 Å². The van der Waals surface area contributed by atoms with E-state index in [0.717, 1.165) is 17.7 Å². The van der Waals surface area contributed by atoms with Gasteiger partial charge in [-0.1, -0.05) is 29.8 Å². The first kappa shape index (κ1) is 20.7. The molecule has 2 aromatic heterocycles. The third-order valence-corrected chi connectivity index (χ3v) is 4.89. The highest BCUT2D eigenvalue weighted by molar-refractivity contribution is 6.31. The number of nitrogens with zero attached hydrogens (tertiary/aromatic N) is 4. The molecule has 0 saturated carbocycles. The number of aryl methyl sites for hydroxylation is 1. The molecule has 0 radical (unpaired) electrons. The number of hydrogen-bond donors (Lipinski definition) is 2. The van der Waals surface area contributed by atoms with Crippen molar-refractivity contribution in [2.45, 2.75) is 19.4 Å². The molecular formula is C21H17ClF2N6O. The van der Waals surface area contributed by atoms with Crippen LogP contribution in [0, 0.1) is 11.6 Å². The van der Waals surface area contributed by atoms with Crippen molar-refractivity contribution in [2.75, 3.05) is 10.6 Å². The lowest BCUT2D eigenvalue weighted by Gasteiger charge is -2.08. The number of amides is 1. The largest absolute Gasteiger partial charge is 0.364 e. The molecular weight excluding hydrogens is 426 g/mol. The second-order valence-corrected chi connectivity index (χ2v) is 7.13. The minimum Gasteiger partial charge on any atom is -0.364 e. The number of nitrogens with one attached hydrogen (secondary N) is 2. The molecule has 31 heavy (non-hydrogen) atoms. The average molecular weight is 443 g/mol. The van der Waals surface area contributed by atoms with Crippen molar-refractivity contribution in [3.63, 3.8) is 0 Å². The average Bonchev–Trinajstić information content (AvgIpc) is 3.16. The summed E-state index contributed by atoms with van der Waals surface area (Å²) >= 11 is 6.18. The number of carbonyl (C=O) groups excluding carboxylic acids is 1. The highest BCUT2D eigenvalue weighted by atomic mass is 35.5.